The summed E-state index contributed by atoms with van der Waals surface area (Å²) in [6.07, 6.45) is 1.50. The van der Waals surface area contributed by atoms with Crippen molar-refractivity contribution in [3.63, 3.8) is 0 Å². The summed E-state index contributed by atoms with van der Waals surface area (Å²) in [5, 5.41) is 0. The number of aromatic nitrogens is 2. The molecule has 1 aliphatic heterocycles. The van der Waals surface area contributed by atoms with Gasteiger partial charge in [-0.25, -0.2) is 4.79 Å². The third-order valence-electron chi connectivity index (χ3n) is 3.43. The molecule has 0 aliphatic carbocycles. The Bertz CT molecular complexity index is 535. The van der Waals surface area contributed by atoms with Gasteiger partial charge in [0.1, 0.15) is 17.5 Å². The van der Waals surface area contributed by atoms with Crippen LogP contribution in [0.15, 0.2) is 17.1 Å². The van der Waals surface area contributed by atoms with Crippen LogP contribution in [0.5, 0.6) is 0 Å². The summed E-state index contributed by atoms with van der Waals surface area (Å²) >= 11 is 1.68. The Balaban J connectivity index is 1.94. The van der Waals surface area contributed by atoms with E-state index < -0.39 is 0 Å². The first-order chi connectivity index (χ1) is 10.5. The van der Waals surface area contributed by atoms with Gasteiger partial charge in [-0.15, -0.1) is 11.8 Å². The molecule has 0 unspecified atom stereocenters. The highest BCUT2D eigenvalue weighted by Gasteiger charge is 2.28. The van der Waals surface area contributed by atoms with E-state index in [9.17, 15) is 4.79 Å². The lowest BCUT2D eigenvalue weighted by atomic mass is 10.2. The van der Waals surface area contributed by atoms with Crippen molar-refractivity contribution in [2.45, 2.75) is 32.4 Å². The van der Waals surface area contributed by atoms with Gasteiger partial charge in [0.25, 0.3) is 0 Å². The first-order valence-corrected chi connectivity index (χ1v) is 8.71. The van der Waals surface area contributed by atoms with Crippen LogP contribution in [0.4, 0.5) is 5.82 Å². The maximum Gasteiger partial charge on any atom is 0.351 e. The minimum Gasteiger partial charge on any atom is -0.378 e. The van der Waals surface area contributed by atoms with Crippen LogP contribution >= 0.6 is 11.8 Å². The van der Waals surface area contributed by atoms with Gasteiger partial charge in [-0.3, -0.25) is 4.57 Å². The number of rotatable bonds is 7. The third kappa shape index (κ3) is 4.47. The summed E-state index contributed by atoms with van der Waals surface area (Å²) in [6.45, 7) is 8.34. The average molecular weight is 327 g/mol. The Morgan fingerprint density at radius 3 is 3.00 bits per heavy atom. The Kier molecular flexibility index (Phi) is 6.28. The summed E-state index contributed by atoms with van der Waals surface area (Å²) in [5.74, 6) is 1.93. The molecule has 2 heterocycles. The topological polar surface area (TPSA) is 56.6 Å². The zero-order valence-electron chi connectivity index (χ0n) is 13.7. The molecule has 2 rings (SSSR count). The van der Waals surface area contributed by atoms with Gasteiger partial charge < -0.3 is 14.4 Å². The second-order valence-corrected chi connectivity index (χ2v) is 6.97. The number of hydrogen-bond donors (Lipinski definition) is 0. The molecule has 1 aromatic heterocycles. The van der Waals surface area contributed by atoms with Crippen molar-refractivity contribution in [1.82, 2.24) is 9.55 Å². The molecule has 0 bridgehead atoms. The molecule has 0 radical (unpaired) electrons. The molecule has 1 aliphatic rings. The van der Waals surface area contributed by atoms with Crippen molar-refractivity contribution in [3.8, 4) is 0 Å². The predicted molar refractivity (Wildman–Crippen MR) is 89.5 cm³/mol. The highest BCUT2D eigenvalue weighted by atomic mass is 32.2. The molecular formula is C15H25N3O3S. The molecule has 124 valence electrons. The largest absolute Gasteiger partial charge is 0.378 e. The normalized spacial score (nSPS) is 21.5. The van der Waals surface area contributed by atoms with E-state index in [1.54, 1.807) is 22.5 Å². The van der Waals surface area contributed by atoms with Crippen LogP contribution in [0.25, 0.3) is 0 Å². The van der Waals surface area contributed by atoms with Gasteiger partial charge in [0.15, 0.2) is 0 Å². The average Bonchev–Trinajstić information content (AvgIpc) is 2.94. The minimum atomic E-state index is -0.271. The summed E-state index contributed by atoms with van der Waals surface area (Å²) in [6, 6.07) is 1.85. The second kappa shape index (κ2) is 7.99. The van der Waals surface area contributed by atoms with Gasteiger partial charge >= 0.3 is 5.69 Å². The number of nitrogens with zero attached hydrogens (tertiary/aromatic N) is 3. The summed E-state index contributed by atoms with van der Waals surface area (Å²) in [5.41, 5.74) is -0.291. The van der Waals surface area contributed by atoms with Crippen LogP contribution in [0, 0.1) is 5.92 Å². The Morgan fingerprint density at radius 2 is 2.36 bits per heavy atom. The number of ether oxygens (including phenoxy) is 2. The number of anilines is 1. The van der Waals surface area contributed by atoms with Crippen molar-refractivity contribution < 1.29 is 9.47 Å². The van der Waals surface area contributed by atoms with Gasteiger partial charge in [-0.2, -0.15) is 4.98 Å². The van der Waals surface area contributed by atoms with Crippen LogP contribution in [-0.2, 0) is 9.47 Å². The maximum absolute atomic E-state index is 12.2. The van der Waals surface area contributed by atoms with E-state index in [1.165, 1.54) is 0 Å². The van der Waals surface area contributed by atoms with E-state index in [1.807, 2.05) is 24.9 Å². The lowest BCUT2D eigenvalue weighted by molar-refractivity contribution is -0.0286. The summed E-state index contributed by atoms with van der Waals surface area (Å²) in [4.78, 5) is 18.2. The number of hydrogen-bond acceptors (Lipinski definition) is 6. The molecular weight excluding hydrogens is 302 g/mol. The molecule has 1 fully saturated rings. The first-order valence-electron chi connectivity index (χ1n) is 7.66. The van der Waals surface area contributed by atoms with Gasteiger partial charge in [-0.1, -0.05) is 13.8 Å². The van der Waals surface area contributed by atoms with E-state index in [0.29, 0.717) is 18.3 Å². The highest BCUT2D eigenvalue weighted by molar-refractivity contribution is 8.00. The molecule has 0 N–H and O–H groups in total. The Morgan fingerprint density at radius 1 is 1.59 bits per heavy atom. The standard InChI is InChI=1S/C15H25N3O3S/c1-5-17(4)12-6-7-18(15(19)16-12)13-10-22-14(21-13)9-20-8-11(2)3/h6-7,11,13-14H,5,8-10H2,1-4H3/t13-,14+/m0/s1. The molecule has 7 heteroatoms. The van der Waals surface area contributed by atoms with Crippen LogP contribution < -0.4 is 10.6 Å². The van der Waals surface area contributed by atoms with Crippen LogP contribution in [0.2, 0.25) is 0 Å². The van der Waals surface area contributed by atoms with Gasteiger partial charge in [0.2, 0.25) is 0 Å². The third-order valence-corrected chi connectivity index (χ3v) is 4.53. The Labute approximate surface area is 135 Å². The molecule has 0 spiro atoms. The van der Waals surface area contributed by atoms with Crippen molar-refractivity contribution in [1.29, 1.82) is 0 Å². The van der Waals surface area contributed by atoms with Gasteiger partial charge in [0.05, 0.1) is 6.61 Å². The van der Waals surface area contributed by atoms with E-state index in [-0.39, 0.29) is 17.4 Å². The van der Waals surface area contributed by atoms with Crippen molar-refractivity contribution >= 4 is 17.6 Å². The maximum atomic E-state index is 12.2. The first kappa shape index (κ1) is 17.3. The molecule has 2 atom stereocenters. The molecule has 6 nitrogen and oxygen atoms in total. The fourth-order valence-electron chi connectivity index (χ4n) is 2.07. The van der Waals surface area contributed by atoms with E-state index in [2.05, 4.69) is 18.8 Å². The fourth-order valence-corrected chi connectivity index (χ4v) is 3.09. The second-order valence-electron chi connectivity index (χ2n) is 5.77. The molecule has 0 aromatic carbocycles. The lowest BCUT2D eigenvalue weighted by Crippen LogP contribution is -2.30. The SMILES string of the molecule is CCN(C)c1ccn([C@@H]2CS[C@H](COCC(C)C)O2)c(=O)n1. The number of thioether (sulfide) groups is 1. The summed E-state index contributed by atoms with van der Waals surface area (Å²) in [7, 11) is 1.91. The van der Waals surface area contributed by atoms with E-state index in [4.69, 9.17) is 9.47 Å². The van der Waals surface area contributed by atoms with E-state index in [0.717, 1.165) is 18.9 Å². The summed E-state index contributed by atoms with van der Waals surface area (Å²) < 4.78 is 13.0. The lowest BCUT2D eigenvalue weighted by Gasteiger charge is -2.18. The molecule has 0 amide bonds. The quantitative estimate of drug-likeness (QED) is 0.763. The molecule has 1 aromatic rings. The van der Waals surface area contributed by atoms with E-state index >= 15 is 0 Å². The fraction of sp³-hybridized carbons (Fsp3) is 0.733. The predicted octanol–water partition coefficient (Wildman–Crippen LogP) is 1.96. The highest BCUT2D eigenvalue weighted by Crippen LogP contribution is 2.31. The molecule has 0 saturated carbocycles. The zero-order chi connectivity index (χ0) is 16.1. The zero-order valence-corrected chi connectivity index (χ0v) is 14.5. The van der Waals surface area contributed by atoms with Crippen LogP contribution in [-0.4, -0.2) is 47.5 Å². The molecule has 22 heavy (non-hydrogen) atoms. The van der Waals surface area contributed by atoms with Crippen LogP contribution in [0.3, 0.4) is 0 Å². The van der Waals surface area contributed by atoms with Gasteiger partial charge in [0, 0.05) is 32.1 Å². The van der Waals surface area contributed by atoms with Crippen molar-refractivity contribution in [3.05, 3.63) is 22.7 Å². The van der Waals surface area contributed by atoms with Gasteiger partial charge in [-0.05, 0) is 18.9 Å². The Hall–Kier alpha value is -1.05. The monoisotopic (exact) mass is 327 g/mol. The minimum absolute atomic E-state index is 0.0198. The smallest absolute Gasteiger partial charge is 0.351 e. The van der Waals surface area contributed by atoms with Crippen LogP contribution in [0.1, 0.15) is 27.0 Å². The van der Waals surface area contributed by atoms with Crippen molar-refractivity contribution in [2.24, 2.45) is 5.92 Å². The molecule has 1 saturated heterocycles. The van der Waals surface area contributed by atoms with Crippen molar-refractivity contribution in [2.75, 3.05) is 37.5 Å².